The molecule has 5 aliphatic rings. The number of nitrogens with zero attached hydrogens (tertiary/aromatic N) is 2. The van der Waals surface area contributed by atoms with Gasteiger partial charge in [-0.3, -0.25) is 24.8 Å². The summed E-state index contributed by atoms with van der Waals surface area (Å²) in [5.41, 5.74) is 5.23. The van der Waals surface area contributed by atoms with E-state index in [0.717, 1.165) is 16.1 Å². The van der Waals surface area contributed by atoms with Gasteiger partial charge in [0, 0.05) is 29.8 Å². The normalized spacial score (nSPS) is 32.6. The average molecular weight is 397 g/mol. The molecule has 1 saturated carbocycles. The van der Waals surface area contributed by atoms with Crippen molar-refractivity contribution in [3.63, 3.8) is 0 Å². The Balaban J connectivity index is 1.41. The summed E-state index contributed by atoms with van der Waals surface area (Å²) in [5, 5.41) is 0.967. The predicted octanol–water partition coefficient (Wildman–Crippen LogP) is 2.58. The second-order valence-electron chi connectivity index (χ2n) is 8.35. The minimum Gasteiger partial charge on any atom is -0.272 e. The maximum absolute atomic E-state index is 13.4. The van der Waals surface area contributed by atoms with Gasteiger partial charge in [-0.1, -0.05) is 48.6 Å². The van der Waals surface area contributed by atoms with Gasteiger partial charge in [-0.05, 0) is 35.1 Å². The Morgan fingerprint density at radius 3 is 1.87 bits per heavy atom. The van der Waals surface area contributed by atoms with E-state index >= 15 is 0 Å². The second kappa shape index (κ2) is 6.23. The molecule has 7 rings (SSSR count). The largest absolute Gasteiger partial charge is 0.272 e. The zero-order valence-electron chi connectivity index (χ0n) is 16.0. The number of imide groups is 1. The van der Waals surface area contributed by atoms with Gasteiger partial charge in [-0.25, -0.2) is 0 Å². The van der Waals surface area contributed by atoms with Crippen molar-refractivity contribution in [2.45, 2.75) is 11.8 Å². The van der Waals surface area contributed by atoms with Crippen LogP contribution in [0.2, 0.25) is 0 Å². The van der Waals surface area contributed by atoms with Gasteiger partial charge in [0.1, 0.15) is 0 Å². The van der Waals surface area contributed by atoms with Crippen molar-refractivity contribution in [1.29, 1.82) is 0 Å². The molecule has 3 amide bonds. The monoisotopic (exact) mass is 397 g/mol. The minimum absolute atomic E-state index is 0.0679. The quantitative estimate of drug-likeness (QED) is 0.790. The van der Waals surface area contributed by atoms with Crippen molar-refractivity contribution in [2.75, 3.05) is 0 Å². The van der Waals surface area contributed by atoms with Crippen LogP contribution in [0.3, 0.4) is 0 Å². The first kappa shape index (κ1) is 17.3. The van der Waals surface area contributed by atoms with Gasteiger partial charge in [0.05, 0.1) is 11.8 Å². The van der Waals surface area contributed by atoms with E-state index in [0.29, 0.717) is 5.56 Å². The molecule has 4 aliphatic carbocycles. The molecule has 2 aromatic rings. The summed E-state index contributed by atoms with van der Waals surface area (Å²) < 4.78 is 0. The zero-order chi connectivity index (χ0) is 20.4. The van der Waals surface area contributed by atoms with E-state index in [1.165, 1.54) is 12.4 Å². The first-order valence-corrected chi connectivity index (χ1v) is 10.2. The highest BCUT2D eigenvalue weighted by molar-refractivity contribution is 6.09. The van der Waals surface area contributed by atoms with Crippen LogP contribution in [0.1, 0.15) is 33.3 Å². The Kier molecular flexibility index (Phi) is 3.60. The van der Waals surface area contributed by atoms with Crippen LogP contribution in [-0.4, -0.2) is 27.7 Å². The number of benzene rings is 1. The lowest BCUT2D eigenvalue weighted by Gasteiger charge is -2.53. The van der Waals surface area contributed by atoms with Gasteiger partial charge in [0.2, 0.25) is 0 Å². The molecule has 1 aromatic carbocycles. The van der Waals surface area contributed by atoms with Crippen LogP contribution in [0, 0.1) is 23.7 Å². The SMILES string of the molecule is O=C(NN1C(=O)C2C(C1=O)C1c3ccccc3C2C2C=CC=CC21)c1ccncc1. The van der Waals surface area contributed by atoms with Gasteiger partial charge >= 0.3 is 0 Å². The first-order chi connectivity index (χ1) is 14.7. The number of nitrogens with one attached hydrogen (secondary N) is 1. The second-order valence-corrected chi connectivity index (χ2v) is 8.35. The fraction of sp³-hybridized carbons (Fsp3) is 0.250. The molecule has 1 N–H and O–H groups in total. The Bertz CT molecular complexity index is 1080. The molecule has 1 aliphatic heterocycles. The Morgan fingerprint density at radius 1 is 0.800 bits per heavy atom. The van der Waals surface area contributed by atoms with Crippen LogP contribution in [-0.2, 0) is 9.59 Å². The molecular weight excluding hydrogens is 378 g/mol. The lowest BCUT2D eigenvalue weighted by Crippen LogP contribution is -2.49. The van der Waals surface area contributed by atoms with E-state index in [4.69, 9.17) is 0 Å². The summed E-state index contributed by atoms with van der Waals surface area (Å²) >= 11 is 0. The van der Waals surface area contributed by atoms with Gasteiger partial charge < -0.3 is 0 Å². The average Bonchev–Trinajstić information content (AvgIpc) is 3.05. The van der Waals surface area contributed by atoms with Crippen LogP contribution in [0.5, 0.6) is 0 Å². The van der Waals surface area contributed by atoms with Crippen LogP contribution in [0.15, 0.2) is 73.1 Å². The molecule has 6 atom stereocenters. The summed E-state index contributed by atoms with van der Waals surface area (Å²) in [5.74, 6) is -1.77. The fourth-order valence-corrected chi connectivity index (χ4v) is 6.01. The fourth-order valence-electron chi connectivity index (χ4n) is 6.01. The van der Waals surface area contributed by atoms with E-state index in [1.807, 2.05) is 24.3 Å². The van der Waals surface area contributed by atoms with Crippen LogP contribution in [0.4, 0.5) is 0 Å². The van der Waals surface area contributed by atoms with Gasteiger partial charge in [0.15, 0.2) is 0 Å². The highest BCUT2D eigenvalue weighted by Crippen LogP contribution is 2.64. The molecule has 6 nitrogen and oxygen atoms in total. The number of hydrogen-bond acceptors (Lipinski definition) is 4. The molecule has 1 saturated heterocycles. The highest BCUT2D eigenvalue weighted by Gasteiger charge is 2.65. The van der Waals surface area contributed by atoms with Crippen LogP contribution >= 0.6 is 0 Å². The van der Waals surface area contributed by atoms with E-state index < -0.39 is 17.7 Å². The molecule has 0 radical (unpaired) electrons. The van der Waals surface area contributed by atoms with Crippen molar-refractivity contribution in [3.8, 4) is 0 Å². The molecule has 1 aromatic heterocycles. The summed E-state index contributed by atoms with van der Waals surface area (Å²) in [6.45, 7) is 0. The molecule has 6 heteroatoms. The number of allylic oxidation sites excluding steroid dienone is 4. The summed E-state index contributed by atoms with van der Waals surface area (Å²) in [6, 6.07) is 11.3. The van der Waals surface area contributed by atoms with Gasteiger partial charge in [0.25, 0.3) is 17.7 Å². The van der Waals surface area contributed by atoms with Crippen molar-refractivity contribution < 1.29 is 14.4 Å². The number of hydrogen-bond donors (Lipinski definition) is 1. The summed E-state index contributed by atoms with van der Waals surface area (Å²) in [7, 11) is 0. The van der Waals surface area contributed by atoms with Crippen molar-refractivity contribution in [2.24, 2.45) is 23.7 Å². The Hall–Kier alpha value is -3.54. The molecule has 0 spiro atoms. The number of carbonyl (C=O) groups is 3. The summed E-state index contributed by atoms with van der Waals surface area (Å²) in [4.78, 5) is 43.4. The Labute approximate surface area is 173 Å². The molecule has 2 heterocycles. The predicted molar refractivity (Wildman–Crippen MR) is 108 cm³/mol. The maximum Gasteiger partial charge on any atom is 0.270 e. The van der Waals surface area contributed by atoms with E-state index in [1.54, 1.807) is 12.1 Å². The molecule has 30 heavy (non-hydrogen) atoms. The third kappa shape index (κ3) is 2.19. The summed E-state index contributed by atoms with van der Waals surface area (Å²) in [6.07, 6.45) is 11.4. The van der Waals surface area contributed by atoms with Crippen LogP contribution < -0.4 is 5.43 Å². The number of amides is 3. The van der Waals surface area contributed by atoms with E-state index in [9.17, 15) is 14.4 Å². The third-order valence-electron chi connectivity index (χ3n) is 7.09. The van der Waals surface area contributed by atoms with Crippen molar-refractivity contribution >= 4 is 17.7 Å². The molecular formula is C24H19N3O3. The van der Waals surface area contributed by atoms with E-state index in [-0.39, 0.29) is 35.5 Å². The highest BCUT2D eigenvalue weighted by atomic mass is 16.2. The topological polar surface area (TPSA) is 79.4 Å². The maximum atomic E-state index is 13.4. The van der Waals surface area contributed by atoms with Crippen molar-refractivity contribution in [3.05, 3.63) is 89.8 Å². The van der Waals surface area contributed by atoms with Crippen molar-refractivity contribution in [1.82, 2.24) is 15.4 Å². The van der Waals surface area contributed by atoms with Crippen LogP contribution in [0.25, 0.3) is 0 Å². The number of rotatable bonds is 2. The number of pyridine rings is 1. The van der Waals surface area contributed by atoms with E-state index in [2.05, 4.69) is 34.7 Å². The van der Waals surface area contributed by atoms with Gasteiger partial charge in [-0.15, -0.1) is 0 Å². The first-order valence-electron chi connectivity index (χ1n) is 10.2. The standard InChI is InChI=1S/C24H19N3O3/c28-22(13-9-11-25-12-10-13)26-27-23(29)20-18-14-5-1-2-6-15(14)19(21(20)24(27)30)17-8-4-3-7-16(17)18/h1-12,14-15,18-21H,(H,26,28). The van der Waals surface area contributed by atoms with Gasteiger partial charge in [-0.2, -0.15) is 5.01 Å². The molecule has 2 fully saturated rings. The molecule has 2 bridgehead atoms. The third-order valence-corrected chi connectivity index (χ3v) is 7.09. The molecule has 6 unspecified atom stereocenters. The minimum atomic E-state index is -0.486. The number of aromatic nitrogens is 1. The lowest BCUT2D eigenvalue weighted by molar-refractivity contribution is -0.142. The number of carbonyl (C=O) groups excluding carboxylic acids is 3. The number of hydrazine groups is 1. The zero-order valence-corrected chi connectivity index (χ0v) is 16.0. The Morgan fingerprint density at radius 2 is 1.33 bits per heavy atom. The lowest BCUT2D eigenvalue weighted by atomic mass is 9.48. The smallest absolute Gasteiger partial charge is 0.270 e. The molecule has 148 valence electrons.